The van der Waals surface area contributed by atoms with Crippen molar-refractivity contribution < 1.29 is 9.21 Å². The summed E-state index contributed by atoms with van der Waals surface area (Å²) >= 11 is 0. The van der Waals surface area contributed by atoms with Crippen molar-refractivity contribution in [1.82, 2.24) is 18.9 Å². The fourth-order valence-corrected chi connectivity index (χ4v) is 3.15. The van der Waals surface area contributed by atoms with Gasteiger partial charge in [-0.25, -0.2) is 9.67 Å². The number of para-hydroxylation sites is 1. The highest BCUT2D eigenvalue weighted by atomic mass is 16.3. The number of carbonyl (C=O) groups is 1. The molecule has 0 aliphatic heterocycles. The summed E-state index contributed by atoms with van der Waals surface area (Å²) < 4.78 is 9.52. The Hall–Kier alpha value is -4.14. The van der Waals surface area contributed by atoms with E-state index in [0.29, 0.717) is 22.8 Å². The van der Waals surface area contributed by atoms with E-state index in [1.54, 1.807) is 42.9 Å². The first-order chi connectivity index (χ1) is 14.5. The normalized spacial score (nSPS) is 10.9. The molecule has 9 nitrogen and oxygen atoms in total. The van der Waals surface area contributed by atoms with Gasteiger partial charge in [0.25, 0.3) is 11.1 Å². The molecule has 0 aliphatic carbocycles. The first kappa shape index (κ1) is 19.2. The largest absolute Gasteiger partial charge is 0.463 e. The van der Waals surface area contributed by atoms with E-state index in [2.05, 4.69) is 10.3 Å². The number of hydrogen-bond acceptors (Lipinski definition) is 5. The molecule has 0 saturated carbocycles. The van der Waals surface area contributed by atoms with Crippen molar-refractivity contribution in [2.45, 2.75) is 13.5 Å². The lowest BCUT2D eigenvalue weighted by Gasteiger charge is -2.07. The van der Waals surface area contributed by atoms with Gasteiger partial charge in [0.2, 0.25) is 5.91 Å². The summed E-state index contributed by atoms with van der Waals surface area (Å²) in [5.74, 6) is -0.0410. The average molecular weight is 405 g/mol. The zero-order valence-electron chi connectivity index (χ0n) is 16.4. The predicted octanol–water partition coefficient (Wildman–Crippen LogP) is 1.94. The van der Waals surface area contributed by atoms with Crippen molar-refractivity contribution in [3.8, 4) is 17.1 Å². The lowest BCUT2D eigenvalue weighted by atomic mass is 10.3. The number of nitrogens with one attached hydrogen (secondary N) is 1. The van der Waals surface area contributed by atoms with Crippen LogP contribution in [0.5, 0.6) is 0 Å². The molecular weight excluding hydrogens is 386 g/mol. The van der Waals surface area contributed by atoms with E-state index in [1.165, 1.54) is 23.3 Å². The van der Waals surface area contributed by atoms with Crippen LogP contribution >= 0.6 is 0 Å². The minimum atomic E-state index is -0.504. The molecule has 1 N–H and O–H groups in total. The quantitative estimate of drug-likeness (QED) is 0.546. The minimum Gasteiger partial charge on any atom is -0.463 e. The highest BCUT2D eigenvalue weighted by molar-refractivity contribution is 5.91. The maximum Gasteiger partial charge on any atom is 0.295 e. The fraction of sp³-hybridized carbons (Fsp3) is 0.143. The van der Waals surface area contributed by atoms with Gasteiger partial charge in [-0.05, 0) is 31.2 Å². The van der Waals surface area contributed by atoms with Crippen LogP contribution in [0.4, 0.5) is 5.69 Å². The van der Waals surface area contributed by atoms with Crippen LogP contribution < -0.4 is 16.4 Å². The van der Waals surface area contributed by atoms with E-state index in [4.69, 9.17) is 4.42 Å². The van der Waals surface area contributed by atoms with Crippen LogP contribution in [-0.4, -0.2) is 24.8 Å². The Morgan fingerprint density at radius 2 is 1.90 bits per heavy atom. The van der Waals surface area contributed by atoms with Crippen LogP contribution in [0.15, 0.2) is 75.1 Å². The molecule has 0 atom stereocenters. The molecule has 30 heavy (non-hydrogen) atoms. The van der Waals surface area contributed by atoms with Gasteiger partial charge in [0.05, 0.1) is 24.0 Å². The Morgan fingerprint density at radius 1 is 1.13 bits per heavy atom. The summed E-state index contributed by atoms with van der Waals surface area (Å²) in [7, 11) is 1.74. The third kappa shape index (κ3) is 3.48. The molecule has 4 aromatic rings. The zero-order chi connectivity index (χ0) is 21.3. The maximum atomic E-state index is 12.9. The van der Waals surface area contributed by atoms with Gasteiger partial charge >= 0.3 is 0 Å². The number of hydrogen-bond donors (Lipinski definition) is 1. The highest BCUT2D eigenvalue weighted by Gasteiger charge is 2.18. The van der Waals surface area contributed by atoms with Crippen LogP contribution in [0.2, 0.25) is 0 Å². The minimum absolute atomic E-state index is 0.166. The molecule has 0 spiro atoms. The predicted molar refractivity (Wildman–Crippen MR) is 111 cm³/mol. The number of rotatable bonds is 5. The second-order valence-electron chi connectivity index (χ2n) is 6.70. The van der Waals surface area contributed by atoms with Crippen molar-refractivity contribution >= 4 is 11.6 Å². The van der Waals surface area contributed by atoms with Gasteiger partial charge in [-0.1, -0.05) is 18.2 Å². The van der Waals surface area contributed by atoms with E-state index >= 15 is 0 Å². The molecule has 152 valence electrons. The van der Waals surface area contributed by atoms with E-state index < -0.39 is 11.5 Å². The Labute approximate surface area is 170 Å². The van der Waals surface area contributed by atoms with Crippen molar-refractivity contribution in [3.05, 3.63) is 87.5 Å². The fourth-order valence-electron chi connectivity index (χ4n) is 3.15. The van der Waals surface area contributed by atoms with Gasteiger partial charge in [0, 0.05) is 13.1 Å². The molecule has 4 rings (SSSR count). The van der Waals surface area contributed by atoms with Crippen molar-refractivity contribution in [3.63, 3.8) is 0 Å². The second-order valence-corrected chi connectivity index (χ2v) is 6.70. The summed E-state index contributed by atoms with van der Waals surface area (Å²) in [5, 5.41) is 2.63. The first-order valence-corrected chi connectivity index (χ1v) is 9.20. The number of aromatic nitrogens is 4. The molecule has 0 aliphatic rings. The first-order valence-electron chi connectivity index (χ1n) is 9.20. The van der Waals surface area contributed by atoms with Crippen molar-refractivity contribution in [2.24, 2.45) is 7.05 Å². The van der Waals surface area contributed by atoms with Crippen LogP contribution in [0, 0.1) is 6.92 Å². The van der Waals surface area contributed by atoms with E-state index in [-0.39, 0.29) is 17.8 Å². The van der Waals surface area contributed by atoms with Gasteiger partial charge in [0.15, 0.2) is 5.76 Å². The Balaban J connectivity index is 1.57. The number of nitrogens with zero attached hydrogens (tertiary/aromatic N) is 4. The van der Waals surface area contributed by atoms with Crippen molar-refractivity contribution in [1.29, 1.82) is 0 Å². The summed E-state index contributed by atoms with van der Waals surface area (Å²) in [6.07, 6.45) is 2.76. The summed E-state index contributed by atoms with van der Waals surface area (Å²) in [5.41, 5.74) is 1.07. The third-order valence-corrected chi connectivity index (χ3v) is 4.79. The Kier molecular flexibility index (Phi) is 4.93. The van der Waals surface area contributed by atoms with Gasteiger partial charge in [-0.3, -0.25) is 23.6 Å². The molecule has 9 heteroatoms. The lowest BCUT2D eigenvalue weighted by Crippen LogP contribution is -2.29. The Bertz CT molecular complexity index is 1310. The summed E-state index contributed by atoms with van der Waals surface area (Å²) in [6.45, 7) is 1.46. The third-order valence-electron chi connectivity index (χ3n) is 4.79. The van der Waals surface area contributed by atoms with E-state index in [0.717, 1.165) is 4.57 Å². The summed E-state index contributed by atoms with van der Waals surface area (Å²) in [6, 6.07) is 13.8. The maximum absolute atomic E-state index is 12.9. The SMILES string of the molecule is Cc1c(NC(=O)Cn2cnc(-c3ccco3)cc2=O)c(=O)n(-c2ccccc2)n1C. The molecule has 1 amide bonds. The smallest absolute Gasteiger partial charge is 0.295 e. The molecule has 0 fully saturated rings. The van der Waals surface area contributed by atoms with Crippen LogP contribution in [0.3, 0.4) is 0 Å². The monoisotopic (exact) mass is 405 g/mol. The van der Waals surface area contributed by atoms with Crippen LogP contribution in [0.25, 0.3) is 17.1 Å². The molecule has 3 aromatic heterocycles. The summed E-state index contributed by atoms with van der Waals surface area (Å²) in [4.78, 5) is 41.9. The van der Waals surface area contributed by atoms with Gasteiger partial charge < -0.3 is 9.73 Å². The average Bonchev–Trinajstić information content (AvgIpc) is 3.34. The number of anilines is 1. The molecule has 0 radical (unpaired) electrons. The topological polar surface area (TPSA) is 104 Å². The molecule has 0 unspecified atom stereocenters. The lowest BCUT2D eigenvalue weighted by molar-refractivity contribution is -0.116. The molecule has 3 heterocycles. The highest BCUT2D eigenvalue weighted by Crippen LogP contribution is 2.15. The number of benzene rings is 1. The van der Waals surface area contributed by atoms with Gasteiger partial charge in [0.1, 0.15) is 17.9 Å². The van der Waals surface area contributed by atoms with E-state index in [9.17, 15) is 14.4 Å². The molecule has 1 aromatic carbocycles. The van der Waals surface area contributed by atoms with E-state index in [1.807, 2.05) is 18.2 Å². The van der Waals surface area contributed by atoms with Crippen LogP contribution in [0.1, 0.15) is 5.69 Å². The molecule has 0 saturated heterocycles. The zero-order valence-corrected chi connectivity index (χ0v) is 16.4. The number of carbonyl (C=O) groups excluding carboxylic acids is 1. The molecule has 0 bridgehead atoms. The second kappa shape index (κ2) is 7.70. The van der Waals surface area contributed by atoms with Gasteiger partial charge in [-0.15, -0.1) is 0 Å². The van der Waals surface area contributed by atoms with Crippen LogP contribution in [-0.2, 0) is 18.4 Å². The van der Waals surface area contributed by atoms with Gasteiger partial charge in [-0.2, -0.15) is 0 Å². The molecular formula is C21H19N5O4. The number of amides is 1. The Morgan fingerprint density at radius 3 is 2.57 bits per heavy atom. The standard InChI is InChI=1S/C21H19N5O4/c1-14-20(21(29)26(24(14)2)15-7-4-3-5-8-15)23-18(27)12-25-13-22-16(11-19(25)28)17-9-6-10-30-17/h3-11,13H,12H2,1-2H3,(H,23,27). The number of furan rings is 1. The van der Waals surface area contributed by atoms with Crippen molar-refractivity contribution in [2.75, 3.05) is 5.32 Å².